The van der Waals surface area contributed by atoms with Crippen molar-refractivity contribution in [2.45, 2.75) is 32.2 Å². The van der Waals surface area contributed by atoms with Gasteiger partial charge in [-0.05, 0) is 43.5 Å². The number of hydrogen-bond acceptors (Lipinski definition) is 3. The summed E-state index contributed by atoms with van der Waals surface area (Å²) in [5.41, 5.74) is 2.11. The quantitative estimate of drug-likeness (QED) is 0.808. The number of amides is 1. The monoisotopic (exact) mass is 327 g/mol. The molecule has 1 amide bonds. The summed E-state index contributed by atoms with van der Waals surface area (Å²) in [7, 11) is 3.21. The second kappa shape index (κ2) is 8.96. The molecule has 1 atom stereocenters. The molecule has 0 aliphatic rings. The van der Waals surface area contributed by atoms with Crippen molar-refractivity contribution in [1.29, 1.82) is 0 Å². The van der Waals surface area contributed by atoms with Crippen molar-refractivity contribution in [3.8, 4) is 11.5 Å². The third-order valence-electron chi connectivity index (χ3n) is 3.95. The molecule has 0 saturated carbocycles. The molecule has 0 radical (unpaired) electrons. The van der Waals surface area contributed by atoms with E-state index in [4.69, 9.17) is 9.47 Å². The lowest BCUT2D eigenvalue weighted by Crippen LogP contribution is -2.34. The van der Waals surface area contributed by atoms with Crippen LogP contribution in [0.4, 0.5) is 0 Å². The first-order valence-electron chi connectivity index (χ1n) is 8.16. The third-order valence-corrected chi connectivity index (χ3v) is 3.95. The molecule has 0 aliphatic carbocycles. The molecule has 4 nitrogen and oxygen atoms in total. The first-order chi connectivity index (χ1) is 11.6. The number of rotatable bonds is 8. The van der Waals surface area contributed by atoms with Crippen molar-refractivity contribution < 1.29 is 14.3 Å². The van der Waals surface area contributed by atoms with Crippen LogP contribution in [0.2, 0.25) is 0 Å². The summed E-state index contributed by atoms with van der Waals surface area (Å²) in [6.07, 6.45) is 2.13. The maximum absolute atomic E-state index is 12.3. The van der Waals surface area contributed by atoms with Crippen molar-refractivity contribution in [3.05, 3.63) is 59.7 Å². The summed E-state index contributed by atoms with van der Waals surface area (Å²) >= 11 is 0. The van der Waals surface area contributed by atoms with Crippen LogP contribution in [0.5, 0.6) is 11.5 Å². The maximum Gasteiger partial charge on any atom is 0.224 e. The Hall–Kier alpha value is -2.49. The summed E-state index contributed by atoms with van der Waals surface area (Å²) in [4.78, 5) is 12.3. The van der Waals surface area contributed by atoms with Gasteiger partial charge in [0.25, 0.3) is 0 Å². The highest BCUT2D eigenvalue weighted by Crippen LogP contribution is 2.24. The highest BCUT2D eigenvalue weighted by molar-refractivity contribution is 5.79. The van der Waals surface area contributed by atoms with Crippen LogP contribution in [-0.2, 0) is 17.6 Å². The van der Waals surface area contributed by atoms with Crippen LogP contribution < -0.4 is 14.8 Å². The molecule has 0 saturated heterocycles. The normalized spacial score (nSPS) is 11.6. The Bertz CT molecular complexity index is 655. The van der Waals surface area contributed by atoms with Gasteiger partial charge in [0.2, 0.25) is 5.91 Å². The molecule has 0 heterocycles. The molecule has 2 aromatic rings. The van der Waals surface area contributed by atoms with E-state index in [1.807, 2.05) is 43.3 Å². The second-order valence-electron chi connectivity index (χ2n) is 5.85. The highest BCUT2D eigenvalue weighted by Gasteiger charge is 2.12. The van der Waals surface area contributed by atoms with E-state index in [0.29, 0.717) is 5.75 Å². The molecule has 4 heteroatoms. The SMILES string of the molecule is COc1ccc(OC)c(CC(=O)N[C@H](C)CCc2ccccc2)c1. The number of methoxy groups -OCH3 is 2. The fourth-order valence-corrected chi connectivity index (χ4v) is 2.62. The number of aryl methyl sites for hydroxylation is 1. The topological polar surface area (TPSA) is 47.6 Å². The van der Waals surface area contributed by atoms with E-state index in [0.717, 1.165) is 24.2 Å². The zero-order valence-electron chi connectivity index (χ0n) is 14.5. The molecule has 0 aliphatic heterocycles. The number of carbonyl (C=O) groups excluding carboxylic acids is 1. The van der Waals surface area contributed by atoms with Crippen LogP contribution >= 0.6 is 0 Å². The van der Waals surface area contributed by atoms with Crippen LogP contribution in [0, 0.1) is 0 Å². The van der Waals surface area contributed by atoms with Crippen molar-refractivity contribution in [1.82, 2.24) is 5.32 Å². The molecule has 0 aromatic heterocycles. The average Bonchev–Trinajstić information content (AvgIpc) is 2.60. The number of carbonyl (C=O) groups is 1. The van der Waals surface area contributed by atoms with Gasteiger partial charge in [-0.3, -0.25) is 4.79 Å². The van der Waals surface area contributed by atoms with E-state index < -0.39 is 0 Å². The molecule has 2 rings (SSSR count). The fraction of sp³-hybridized carbons (Fsp3) is 0.350. The standard InChI is InChI=1S/C20H25NO3/c1-15(9-10-16-7-5-4-6-8-16)21-20(22)14-17-13-18(23-2)11-12-19(17)24-3/h4-8,11-13,15H,9-10,14H2,1-3H3,(H,21,22)/t15-/m1/s1. The van der Waals surface area contributed by atoms with Gasteiger partial charge in [0.1, 0.15) is 11.5 Å². The summed E-state index contributed by atoms with van der Waals surface area (Å²) < 4.78 is 10.5. The molecule has 24 heavy (non-hydrogen) atoms. The summed E-state index contributed by atoms with van der Waals surface area (Å²) in [6.45, 7) is 2.03. The van der Waals surface area contributed by atoms with E-state index >= 15 is 0 Å². The van der Waals surface area contributed by atoms with Crippen LogP contribution in [0.15, 0.2) is 48.5 Å². The van der Waals surface area contributed by atoms with Gasteiger partial charge < -0.3 is 14.8 Å². The zero-order chi connectivity index (χ0) is 17.4. The third kappa shape index (κ3) is 5.30. The predicted octanol–water partition coefficient (Wildman–Crippen LogP) is 3.38. The Morgan fingerprint density at radius 1 is 1.08 bits per heavy atom. The lowest BCUT2D eigenvalue weighted by molar-refractivity contribution is -0.121. The Morgan fingerprint density at radius 2 is 1.83 bits per heavy atom. The fourth-order valence-electron chi connectivity index (χ4n) is 2.62. The number of benzene rings is 2. The molecular formula is C20H25NO3. The maximum atomic E-state index is 12.3. The molecule has 2 aromatic carbocycles. The van der Waals surface area contributed by atoms with E-state index in [2.05, 4.69) is 17.4 Å². The van der Waals surface area contributed by atoms with Crippen LogP contribution in [0.25, 0.3) is 0 Å². The highest BCUT2D eigenvalue weighted by atomic mass is 16.5. The molecule has 128 valence electrons. The lowest BCUT2D eigenvalue weighted by Gasteiger charge is -2.15. The van der Waals surface area contributed by atoms with Crippen LogP contribution in [-0.4, -0.2) is 26.2 Å². The molecular weight excluding hydrogens is 302 g/mol. The summed E-state index contributed by atoms with van der Waals surface area (Å²) in [5.74, 6) is 1.40. The smallest absolute Gasteiger partial charge is 0.224 e. The van der Waals surface area contributed by atoms with Crippen molar-refractivity contribution in [3.63, 3.8) is 0 Å². The van der Waals surface area contributed by atoms with E-state index in [9.17, 15) is 4.79 Å². The zero-order valence-corrected chi connectivity index (χ0v) is 14.5. The van der Waals surface area contributed by atoms with Crippen LogP contribution in [0.1, 0.15) is 24.5 Å². The second-order valence-corrected chi connectivity index (χ2v) is 5.85. The van der Waals surface area contributed by atoms with E-state index in [-0.39, 0.29) is 18.4 Å². The molecule has 0 unspecified atom stereocenters. The van der Waals surface area contributed by atoms with E-state index in [1.165, 1.54) is 5.56 Å². The minimum absolute atomic E-state index is 0.0119. The largest absolute Gasteiger partial charge is 0.497 e. The Kier molecular flexibility index (Phi) is 6.67. The van der Waals surface area contributed by atoms with Crippen molar-refractivity contribution >= 4 is 5.91 Å². The molecule has 0 bridgehead atoms. The van der Waals surface area contributed by atoms with Gasteiger partial charge in [-0.2, -0.15) is 0 Å². The first-order valence-corrected chi connectivity index (χ1v) is 8.16. The van der Waals surface area contributed by atoms with E-state index in [1.54, 1.807) is 14.2 Å². The Labute approximate surface area is 143 Å². The Balaban J connectivity index is 1.88. The minimum Gasteiger partial charge on any atom is -0.497 e. The van der Waals surface area contributed by atoms with Gasteiger partial charge in [-0.15, -0.1) is 0 Å². The summed E-state index contributed by atoms with van der Waals surface area (Å²) in [6, 6.07) is 15.9. The predicted molar refractivity (Wildman–Crippen MR) is 95.6 cm³/mol. The van der Waals surface area contributed by atoms with Gasteiger partial charge in [0, 0.05) is 11.6 Å². The number of hydrogen-bond donors (Lipinski definition) is 1. The Morgan fingerprint density at radius 3 is 2.50 bits per heavy atom. The molecule has 0 fully saturated rings. The van der Waals surface area contributed by atoms with Gasteiger partial charge >= 0.3 is 0 Å². The number of ether oxygens (including phenoxy) is 2. The lowest BCUT2D eigenvalue weighted by atomic mass is 10.1. The minimum atomic E-state index is -0.0119. The molecule has 0 spiro atoms. The van der Waals surface area contributed by atoms with Gasteiger partial charge in [0.05, 0.1) is 20.6 Å². The van der Waals surface area contributed by atoms with Crippen molar-refractivity contribution in [2.75, 3.05) is 14.2 Å². The molecule has 1 N–H and O–H groups in total. The number of nitrogens with one attached hydrogen (secondary N) is 1. The average molecular weight is 327 g/mol. The van der Waals surface area contributed by atoms with Gasteiger partial charge in [-0.1, -0.05) is 30.3 Å². The van der Waals surface area contributed by atoms with Crippen LogP contribution in [0.3, 0.4) is 0 Å². The van der Waals surface area contributed by atoms with Crippen molar-refractivity contribution in [2.24, 2.45) is 0 Å². The van der Waals surface area contributed by atoms with Gasteiger partial charge in [-0.25, -0.2) is 0 Å². The first kappa shape index (κ1) is 17.9. The van der Waals surface area contributed by atoms with Gasteiger partial charge in [0.15, 0.2) is 0 Å². The summed E-state index contributed by atoms with van der Waals surface area (Å²) in [5, 5.41) is 3.05.